The molecule has 3 rings (SSSR count). The summed E-state index contributed by atoms with van der Waals surface area (Å²) in [6.45, 7) is 6.18. The fourth-order valence-corrected chi connectivity index (χ4v) is 3.34. The fourth-order valence-electron chi connectivity index (χ4n) is 2.88. The molecule has 1 aromatic heterocycles. The Kier molecular flexibility index (Phi) is 5.38. The van der Waals surface area contributed by atoms with Crippen LogP contribution in [0.4, 0.5) is 0 Å². The minimum absolute atomic E-state index is 0.249. The van der Waals surface area contributed by atoms with Crippen LogP contribution in [-0.2, 0) is 0 Å². The summed E-state index contributed by atoms with van der Waals surface area (Å²) in [7, 11) is 0. The molecule has 1 N–H and O–H groups in total. The van der Waals surface area contributed by atoms with E-state index in [9.17, 15) is 4.79 Å². The van der Waals surface area contributed by atoms with Gasteiger partial charge >= 0.3 is 0 Å². The van der Waals surface area contributed by atoms with Crippen LogP contribution in [0.25, 0.3) is 5.69 Å². The number of hydrogen-bond acceptors (Lipinski definition) is 2. The zero-order valence-electron chi connectivity index (χ0n) is 15.0. The zero-order valence-corrected chi connectivity index (χ0v) is 16.5. The number of carbonyl (C=O) groups excluding carboxylic acids is 1. The Morgan fingerprint density at radius 1 is 1.08 bits per heavy atom. The van der Waals surface area contributed by atoms with Crippen LogP contribution in [-0.4, -0.2) is 16.7 Å². The number of rotatable bonds is 4. The van der Waals surface area contributed by atoms with Gasteiger partial charge in [0.25, 0.3) is 5.91 Å². The Bertz CT molecular complexity index is 971. The number of halogens is 1. The summed E-state index contributed by atoms with van der Waals surface area (Å²) in [4.78, 5) is 12.2. The number of nitrogens with zero attached hydrogens (tertiary/aromatic N) is 2. The molecule has 1 heterocycles. The topological polar surface area (TPSA) is 46.4 Å². The lowest BCUT2D eigenvalue weighted by Gasteiger charge is -2.09. The summed E-state index contributed by atoms with van der Waals surface area (Å²) in [5.74, 6) is -0.249. The Morgan fingerprint density at radius 2 is 1.77 bits per heavy atom. The molecule has 0 aliphatic rings. The number of hydrazone groups is 1. The molecule has 5 heteroatoms. The standard InChI is InChI=1S/C21H20BrN3O/c1-14-8-10-18(11-9-14)25-15(2)12-17(16(25)3)13-23-24-21(26)19-6-4-5-7-20(19)22/h4-13H,1-3H3,(H,24,26)/b23-13+. The van der Waals surface area contributed by atoms with E-state index in [2.05, 4.69) is 75.2 Å². The van der Waals surface area contributed by atoms with Gasteiger partial charge in [0.15, 0.2) is 0 Å². The van der Waals surface area contributed by atoms with E-state index in [-0.39, 0.29) is 5.91 Å². The molecule has 0 spiro atoms. The summed E-state index contributed by atoms with van der Waals surface area (Å²) >= 11 is 3.37. The molecule has 0 aliphatic carbocycles. The van der Waals surface area contributed by atoms with Crippen LogP contribution in [0.15, 0.2) is 64.2 Å². The maximum Gasteiger partial charge on any atom is 0.272 e. The molecule has 4 nitrogen and oxygen atoms in total. The van der Waals surface area contributed by atoms with Crippen molar-refractivity contribution in [3.63, 3.8) is 0 Å². The first kappa shape index (κ1) is 18.1. The molecule has 132 valence electrons. The first-order chi connectivity index (χ1) is 12.5. The fraction of sp³-hybridized carbons (Fsp3) is 0.143. The predicted molar refractivity (Wildman–Crippen MR) is 109 cm³/mol. The highest BCUT2D eigenvalue weighted by atomic mass is 79.9. The predicted octanol–water partition coefficient (Wildman–Crippen LogP) is 4.93. The van der Waals surface area contributed by atoms with Crippen molar-refractivity contribution in [2.75, 3.05) is 0 Å². The first-order valence-electron chi connectivity index (χ1n) is 8.31. The molecule has 1 amide bonds. The minimum Gasteiger partial charge on any atom is -0.318 e. The Labute approximate surface area is 161 Å². The number of benzene rings is 2. The maximum absolute atomic E-state index is 12.2. The third-order valence-corrected chi connectivity index (χ3v) is 4.94. The van der Waals surface area contributed by atoms with Crippen LogP contribution in [0, 0.1) is 20.8 Å². The number of carbonyl (C=O) groups is 1. The van der Waals surface area contributed by atoms with Crippen molar-refractivity contribution in [1.29, 1.82) is 0 Å². The highest BCUT2D eigenvalue weighted by molar-refractivity contribution is 9.10. The van der Waals surface area contributed by atoms with E-state index in [1.165, 1.54) is 5.56 Å². The average Bonchev–Trinajstić information content (AvgIpc) is 2.90. The molecule has 0 atom stereocenters. The molecule has 0 saturated carbocycles. The average molecular weight is 410 g/mol. The molecular formula is C21H20BrN3O. The van der Waals surface area contributed by atoms with Gasteiger partial charge in [0.1, 0.15) is 0 Å². The SMILES string of the molecule is Cc1ccc(-n2c(C)cc(/C=N/NC(=O)c3ccccc3Br)c2C)cc1. The lowest BCUT2D eigenvalue weighted by Crippen LogP contribution is -2.18. The van der Waals surface area contributed by atoms with Crippen molar-refractivity contribution < 1.29 is 4.79 Å². The molecule has 0 bridgehead atoms. The van der Waals surface area contributed by atoms with Gasteiger partial charge in [-0.15, -0.1) is 0 Å². The van der Waals surface area contributed by atoms with Crippen LogP contribution in [0.5, 0.6) is 0 Å². The molecular weight excluding hydrogens is 390 g/mol. The van der Waals surface area contributed by atoms with Gasteiger partial charge in [-0.1, -0.05) is 29.8 Å². The number of aromatic nitrogens is 1. The highest BCUT2D eigenvalue weighted by Crippen LogP contribution is 2.20. The summed E-state index contributed by atoms with van der Waals surface area (Å²) in [5, 5.41) is 4.12. The number of amides is 1. The minimum atomic E-state index is -0.249. The Hall–Kier alpha value is -2.66. The third kappa shape index (κ3) is 3.78. The molecule has 0 unspecified atom stereocenters. The van der Waals surface area contributed by atoms with E-state index in [4.69, 9.17) is 0 Å². The normalized spacial score (nSPS) is 11.1. The van der Waals surface area contributed by atoms with Crippen molar-refractivity contribution >= 4 is 28.1 Å². The van der Waals surface area contributed by atoms with E-state index in [1.54, 1.807) is 12.3 Å². The summed E-state index contributed by atoms with van der Waals surface area (Å²) in [5.41, 5.74) is 8.63. The largest absolute Gasteiger partial charge is 0.318 e. The zero-order chi connectivity index (χ0) is 18.7. The van der Waals surface area contributed by atoms with Crippen LogP contribution < -0.4 is 5.43 Å². The van der Waals surface area contributed by atoms with Crippen molar-refractivity contribution in [2.24, 2.45) is 5.10 Å². The monoisotopic (exact) mass is 409 g/mol. The van der Waals surface area contributed by atoms with E-state index >= 15 is 0 Å². The second kappa shape index (κ2) is 7.70. The van der Waals surface area contributed by atoms with Crippen molar-refractivity contribution in [1.82, 2.24) is 9.99 Å². The molecule has 0 saturated heterocycles. The molecule has 2 aromatic carbocycles. The number of hydrogen-bond donors (Lipinski definition) is 1. The van der Waals surface area contributed by atoms with Crippen molar-refractivity contribution in [2.45, 2.75) is 20.8 Å². The van der Waals surface area contributed by atoms with Gasteiger partial charge in [-0.2, -0.15) is 5.10 Å². The molecule has 0 radical (unpaired) electrons. The number of nitrogens with one attached hydrogen (secondary N) is 1. The number of aryl methyl sites for hydroxylation is 2. The van der Waals surface area contributed by atoms with Crippen LogP contribution in [0.3, 0.4) is 0 Å². The van der Waals surface area contributed by atoms with Gasteiger partial charge in [-0.25, -0.2) is 5.43 Å². The smallest absolute Gasteiger partial charge is 0.272 e. The van der Waals surface area contributed by atoms with E-state index in [0.717, 1.165) is 27.1 Å². The highest BCUT2D eigenvalue weighted by Gasteiger charge is 2.10. The van der Waals surface area contributed by atoms with Gasteiger partial charge in [-0.05, 0) is 67.0 Å². The van der Waals surface area contributed by atoms with Gasteiger partial charge < -0.3 is 4.57 Å². The van der Waals surface area contributed by atoms with Crippen LogP contribution in [0.2, 0.25) is 0 Å². The Balaban J connectivity index is 1.79. The van der Waals surface area contributed by atoms with Crippen molar-refractivity contribution in [3.05, 3.63) is 87.1 Å². The van der Waals surface area contributed by atoms with Gasteiger partial charge in [0.2, 0.25) is 0 Å². The van der Waals surface area contributed by atoms with Gasteiger partial charge in [0.05, 0.1) is 11.8 Å². The molecule has 3 aromatic rings. The van der Waals surface area contributed by atoms with Crippen molar-refractivity contribution in [3.8, 4) is 5.69 Å². The summed E-state index contributed by atoms with van der Waals surface area (Å²) < 4.78 is 2.92. The first-order valence-corrected chi connectivity index (χ1v) is 9.10. The molecule has 0 aliphatic heterocycles. The maximum atomic E-state index is 12.2. The second-order valence-electron chi connectivity index (χ2n) is 6.18. The molecule has 0 fully saturated rings. The second-order valence-corrected chi connectivity index (χ2v) is 7.03. The van der Waals surface area contributed by atoms with Gasteiger partial charge in [0, 0.05) is 27.1 Å². The van der Waals surface area contributed by atoms with E-state index < -0.39 is 0 Å². The third-order valence-electron chi connectivity index (χ3n) is 4.25. The molecule has 26 heavy (non-hydrogen) atoms. The quantitative estimate of drug-likeness (QED) is 0.481. The van der Waals surface area contributed by atoms with Crippen LogP contribution in [0.1, 0.15) is 32.9 Å². The van der Waals surface area contributed by atoms with E-state index in [1.807, 2.05) is 25.1 Å². The summed E-state index contributed by atoms with van der Waals surface area (Å²) in [6, 6.07) is 17.7. The Morgan fingerprint density at radius 3 is 2.46 bits per heavy atom. The van der Waals surface area contributed by atoms with Crippen LogP contribution >= 0.6 is 15.9 Å². The lowest BCUT2D eigenvalue weighted by molar-refractivity contribution is 0.0954. The van der Waals surface area contributed by atoms with E-state index in [0.29, 0.717) is 5.56 Å². The summed E-state index contributed by atoms with van der Waals surface area (Å²) in [6.07, 6.45) is 1.68. The van der Waals surface area contributed by atoms with Gasteiger partial charge in [-0.3, -0.25) is 4.79 Å². The lowest BCUT2D eigenvalue weighted by atomic mass is 10.2.